The van der Waals surface area contributed by atoms with E-state index in [1.807, 2.05) is 0 Å². The molecule has 0 bridgehead atoms. The third-order valence-corrected chi connectivity index (χ3v) is 4.45. The van der Waals surface area contributed by atoms with Gasteiger partial charge in [-0.25, -0.2) is 27.7 Å². The molecule has 0 aliphatic heterocycles. The van der Waals surface area contributed by atoms with Crippen LogP contribution in [0.3, 0.4) is 0 Å². The quantitative estimate of drug-likeness (QED) is 0.498. The highest BCUT2D eigenvalue weighted by Gasteiger charge is 2.09. The fraction of sp³-hybridized carbons (Fsp3) is 0.375. The van der Waals surface area contributed by atoms with E-state index in [1.165, 1.54) is 16.2 Å². The van der Waals surface area contributed by atoms with E-state index < -0.39 is 9.05 Å². The molecule has 0 aliphatic carbocycles. The molecular formula is C8H9ClN4O3S2. The van der Waals surface area contributed by atoms with Crippen LogP contribution in [-0.2, 0) is 9.05 Å². The van der Waals surface area contributed by atoms with E-state index in [9.17, 15) is 13.2 Å². The second kappa shape index (κ2) is 4.90. The van der Waals surface area contributed by atoms with Gasteiger partial charge in [-0.1, -0.05) is 0 Å². The summed E-state index contributed by atoms with van der Waals surface area (Å²) in [6, 6.07) is 1.61. The fourth-order valence-corrected chi connectivity index (χ4v) is 3.68. The summed E-state index contributed by atoms with van der Waals surface area (Å²) < 4.78 is 22.9. The smallest absolute Gasteiger partial charge is 0.246 e. The number of H-pyrrole nitrogens is 1. The van der Waals surface area contributed by atoms with Gasteiger partial charge in [-0.15, -0.1) is 11.8 Å². The summed E-state index contributed by atoms with van der Waals surface area (Å²) in [6.45, 7) is 1.67. The van der Waals surface area contributed by atoms with Crippen LogP contribution in [0.2, 0.25) is 0 Å². The van der Waals surface area contributed by atoms with Crippen LogP contribution in [0.4, 0.5) is 0 Å². The van der Waals surface area contributed by atoms with Crippen LogP contribution in [0.25, 0.3) is 5.65 Å². The zero-order chi connectivity index (χ0) is 13.3. The highest BCUT2D eigenvalue weighted by Crippen LogP contribution is 2.17. The van der Waals surface area contributed by atoms with Crippen molar-refractivity contribution < 1.29 is 8.42 Å². The molecule has 18 heavy (non-hydrogen) atoms. The van der Waals surface area contributed by atoms with Crippen LogP contribution < -0.4 is 5.69 Å². The van der Waals surface area contributed by atoms with Crippen molar-refractivity contribution in [3.8, 4) is 0 Å². The minimum Gasteiger partial charge on any atom is -0.246 e. The zero-order valence-electron chi connectivity index (χ0n) is 9.25. The van der Waals surface area contributed by atoms with E-state index in [2.05, 4.69) is 15.2 Å². The maximum absolute atomic E-state index is 11.4. The van der Waals surface area contributed by atoms with E-state index >= 15 is 0 Å². The number of nitrogens with zero attached hydrogens (tertiary/aromatic N) is 3. The Balaban J connectivity index is 2.23. The standard InChI is InChI=1S/C8H9ClN4O3S2/c1-5-10-7(17-2-3-18(9,15)16)4-6-11-12-8(14)13(5)6/h4H,2-3H2,1H3,(H,12,14). The number of hydrogen-bond donors (Lipinski definition) is 1. The summed E-state index contributed by atoms with van der Waals surface area (Å²) in [5.74, 6) is 0.643. The molecule has 2 rings (SSSR count). The van der Waals surface area contributed by atoms with Gasteiger partial charge in [0.15, 0.2) is 5.65 Å². The van der Waals surface area contributed by atoms with Gasteiger partial charge in [0.25, 0.3) is 0 Å². The molecule has 0 radical (unpaired) electrons. The van der Waals surface area contributed by atoms with Crippen LogP contribution in [0.5, 0.6) is 0 Å². The summed E-state index contributed by atoms with van der Waals surface area (Å²) >= 11 is 1.24. The largest absolute Gasteiger partial charge is 0.349 e. The second-order valence-electron chi connectivity index (χ2n) is 3.46. The number of thioether (sulfide) groups is 1. The minimum atomic E-state index is -3.50. The average molecular weight is 309 g/mol. The molecule has 1 N–H and O–H groups in total. The first kappa shape index (κ1) is 13.4. The van der Waals surface area contributed by atoms with Gasteiger partial charge in [-0.2, -0.15) is 5.10 Å². The van der Waals surface area contributed by atoms with E-state index in [0.29, 0.717) is 22.3 Å². The predicted octanol–water partition coefficient (Wildman–Crippen LogP) is 0.387. The molecule has 0 saturated heterocycles. The summed E-state index contributed by atoms with van der Waals surface area (Å²) in [6.07, 6.45) is 0. The van der Waals surface area contributed by atoms with E-state index in [4.69, 9.17) is 10.7 Å². The molecule has 7 nitrogen and oxygen atoms in total. The Morgan fingerprint density at radius 2 is 2.28 bits per heavy atom. The summed E-state index contributed by atoms with van der Waals surface area (Å²) in [7, 11) is 1.61. The summed E-state index contributed by atoms with van der Waals surface area (Å²) in [5.41, 5.74) is 0.0959. The van der Waals surface area contributed by atoms with Gasteiger partial charge in [-0.05, 0) is 6.92 Å². The Hall–Kier alpha value is -1.06. The first-order valence-electron chi connectivity index (χ1n) is 4.87. The van der Waals surface area contributed by atoms with Crippen LogP contribution in [0.15, 0.2) is 15.9 Å². The highest BCUT2D eigenvalue weighted by atomic mass is 35.7. The molecule has 0 saturated carbocycles. The molecule has 0 unspecified atom stereocenters. The van der Waals surface area contributed by atoms with Crippen LogP contribution in [-0.4, -0.2) is 39.5 Å². The van der Waals surface area contributed by atoms with Gasteiger partial charge in [0.2, 0.25) is 9.05 Å². The Bertz CT molecular complexity index is 736. The molecule has 0 atom stereocenters. The van der Waals surface area contributed by atoms with Crippen molar-refractivity contribution in [1.82, 2.24) is 19.6 Å². The van der Waals surface area contributed by atoms with E-state index in [1.54, 1.807) is 13.0 Å². The third-order valence-electron chi connectivity index (χ3n) is 2.12. The van der Waals surface area contributed by atoms with Gasteiger partial charge in [-0.3, -0.25) is 0 Å². The van der Waals surface area contributed by atoms with Crippen molar-refractivity contribution in [1.29, 1.82) is 0 Å². The third kappa shape index (κ3) is 3.03. The number of fused-ring (bicyclic) bond motifs is 1. The Labute approximate surface area is 111 Å². The van der Waals surface area contributed by atoms with Crippen molar-refractivity contribution in [2.75, 3.05) is 11.5 Å². The fourth-order valence-electron chi connectivity index (χ4n) is 1.39. The molecule has 0 aromatic carbocycles. The molecule has 0 aliphatic rings. The predicted molar refractivity (Wildman–Crippen MR) is 68.7 cm³/mol. The highest BCUT2D eigenvalue weighted by molar-refractivity contribution is 8.14. The molecule has 2 aromatic heterocycles. The number of rotatable bonds is 4. The van der Waals surface area contributed by atoms with Crippen molar-refractivity contribution in [3.05, 3.63) is 22.4 Å². The molecule has 0 fully saturated rings. The van der Waals surface area contributed by atoms with Crippen molar-refractivity contribution >= 4 is 37.1 Å². The van der Waals surface area contributed by atoms with Crippen LogP contribution in [0, 0.1) is 6.92 Å². The lowest BCUT2D eigenvalue weighted by molar-refractivity contribution is 0.611. The maximum atomic E-state index is 11.4. The number of nitrogens with one attached hydrogen (secondary N) is 1. The van der Waals surface area contributed by atoms with Gasteiger partial charge >= 0.3 is 5.69 Å². The number of hydrogen-bond acceptors (Lipinski definition) is 6. The van der Waals surface area contributed by atoms with Crippen molar-refractivity contribution in [3.63, 3.8) is 0 Å². The van der Waals surface area contributed by atoms with E-state index in [0.717, 1.165) is 0 Å². The molecule has 2 aromatic rings. The number of aryl methyl sites for hydroxylation is 1. The van der Waals surface area contributed by atoms with Gasteiger partial charge in [0.1, 0.15) is 10.9 Å². The second-order valence-corrected chi connectivity index (χ2v) is 7.47. The lowest BCUT2D eigenvalue weighted by Crippen LogP contribution is -2.13. The molecule has 2 heterocycles. The van der Waals surface area contributed by atoms with E-state index in [-0.39, 0.29) is 11.4 Å². The van der Waals surface area contributed by atoms with Crippen molar-refractivity contribution in [2.24, 2.45) is 0 Å². The SMILES string of the molecule is Cc1nc(SCCS(=O)(=O)Cl)cc2n[nH]c(=O)n12. The van der Waals surface area contributed by atoms with Gasteiger partial charge in [0, 0.05) is 22.5 Å². The molecule has 98 valence electrons. The maximum Gasteiger partial charge on any atom is 0.349 e. The lowest BCUT2D eigenvalue weighted by Gasteiger charge is -2.02. The number of aromatic amines is 1. The lowest BCUT2D eigenvalue weighted by atomic mass is 10.5. The molecule has 0 amide bonds. The average Bonchev–Trinajstić information content (AvgIpc) is 2.58. The zero-order valence-corrected chi connectivity index (χ0v) is 11.6. The van der Waals surface area contributed by atoms with Crippen LogP contribution in [0.1, 0.15) is 5.82 Å². The first-order valence-corrected chi connectivity index (χ1v) is 8.33. The first-order chi connectivity index (χ1) is 8.37. The van der Waals surface area contributed by atoms with Gasteiger partial charge in [0.05, 0.1) is 5.75 Å². The Kier molecular flexibility index (Phi) is 3.64. The Morgan fingerprint density at radius 1 is 1.56 bits per heavy atom. The topological polar surface area (TPSA) is 97.2 Å². The Morgan fingerprint density at radius 3 is 2.94 bits per heavy atom. The number of aromatic nitrogens is 4. The number of halogens is 1. The summed E-state index contributed by atoms with van der Waals surface area (Å²) in [5, 5.41) is 6.74. The molecular weight excluding hydrogens is 300 g/mol. The monoisotopic (exact) mass is 308 g/mol. The van der Waals surface area contributed by atoms with Gasteiger partial charge < -0.3 is 0 Å². The normalized spacial score (nSPS) is 12.1. The van der Waals surface area contributed by atoms with Crippen LogP contribution >= 0.6 is 22.4 Å². The summed E-state index contributed by atoms with van der Waals surface area (Å²) in [4.78, 5) is 15.5. The molecule has 10 heteroatoms. The minimum absolute atomic E-state index is 0.140. The molecule has 0 spiro atoms. The van der Waals surface area contributed by atoms with Crippen molar-refractivity contribution in [2.45, 2.75) is 11.9 Å².